The van der Waals surface area contributed by atoms with Crippen LogP contribution in [0.25, 0.3) is 32.9 Å². The van der Waals surface area contributed by atoms with Gasteiger partial charge in [0.1, 0.15) is 23.0 Å². The maximum atomic E-state index is 15.6. The number of hydrogen-bond donors (Lipinski definition) is 1. The van der Waals surface area contributed by atoms with Gasteiger partial charge in [-0.2, -0.15) is 5.10 Å². The van der Waals surface area contributed by atoms with E-state index in [-0.39, 0.29) is 24.2 Å². The maximum Gasteiger partial charge on any atom is 0.352 e. The maximum absolute atomic E-state index is 15.6. The Hall–Kier alpha value is -5.82. The van der Waals surface area contributed by atoms with E-state index in [2.05, 4.69) is 16.4 Å². The number of aromatic carboxylic acids is 1. The number of nitrogens with zero attached hydrogens (tertiary/aromatic N) is 7. The van der Waals surface area contributed by atoms with Gasteiger partial charge in [0.05, 0.1) is 59.5 Å². The zero-order chi connectivity index (χ0) is 44.4. The summed E-state index contributed by atoms with van der Waals surface area (Å²) in [6.07, 6.45) is 1.18. The molecule has 0 spiro atoms. The molecular weight excluding hydrogens is 837 g/mol. The highest BCUT2D eigenvalue weighted by atomic mass is 35.5. The number of morpholine rings is 1. The monoisotopic (exact) mass is 887 g/mol. The molecule has 0 aliphatic carbocycles. The van der Waals surface area contributed by atoms with Gasteiger partial charge in [-0.25, -0.2) is 9.78 Å². The van der Waals surface area contributed by atoms with E-state index in [1.807, 2.05) is 106 Å². The second-order valence-corrected chi connectivity index (χ2v) is 17.8. The van der Waals surface area contributed by atoms with E-state index in [1.54, 1.807) is 10.6 Å². The summed E-state index contributed by atoms with van der Waals surface area (Å²) in [5.74, 6) is 0.340. The van der Waals surface area contributed by atoms with Crippen LogP contribution in [0.15, 0.2) is 60.7 Å². The second kappa shape index (κ2) is 16.7. The van der Waals surface area contributed by atoms with Crippen molar-refractivity contribution in [2.75, 3.05) is 49.3 Å². The fourth-order valence-corrected chi connectivity index (χ4v) is 10.1. The van der Waals surface area contributed by atoms with Crippen molar-refractivity contribution in [2.45, 2.75) is 67.0 Å². The number of halogens is 2. The summed E-state index contributed by atoms with van der Waals surface area (Å²) < 4.78 is 17.7. The number of amides is 1. The summed E-state index contributed by atoms with van der Waals surface area (Å²) >= 11 is 13.7. The number of carbonyl (C=O) groups is 2. The van der Waals surface area contributed by atoms with Crippen LogP contribution in [0.2, 0.25) is 10.0 Å². The Kier molecular flexibility index (Phi) is 11.3. The van der Waals surface area contributed by atoms with Crippen LogP contribution in [0.4, 0.5) is 11.5 Å². The first-order valence-corrected chi connectivity index (χ1v) is 22.2. The van der Waals surface area contributed by atoms with Crippen molar-refractivity contribution in [1.29, 1.82) is 0 Å². The number of aromatic nitrogens is 5. The first-order chi connectivity index (χ1) is 30.2. The van der Waals surface area contributed by atoms with Gasteiger partial charge in [0.15, 0.2) is 0 Å². The van der Waals surface area contributed by atoms with Crippen LogP contribution in [0.1, 0.15) is 79.7 Å². The molecule has 3 aromatic carbocycles. The zero-order valence-corrected chi connectivity index (χ0v) is 38.2. The van der Waals surface area contributed by atoms with E-state index in [0.29, 0.717) is 66.8 Å². The number of carboxylic acids is 1. The number of fused-ring (bicyclic) bond motifs is 4. The molecule has 0 unspecified atom stereocenters. The third-order valence-electron chi connectivity index (χ3n) is 12.6. The average Bonchev–Trinajstić information content (AvgIpc) is 3.88. The number of carboxylic acid groups (broad SMARTS) is 1. The number of aryl methyl sites for hydroxylation is 6. The van der Waals surface area contributed by atoms with Gasteiger partial charge in [-0.3, -0.25) is 9.48 Å². The fraction of sp³-hybridized carbons (Fsp3) is 0.347. The SMILES string of the molecule is Cc1cc(N2C[C@@H](C)n3c(c(CCCOc4cc(C)c(Cl)c(C)c4)c4ccc(Cl)c(-c5c(C)nn(C)c5C)c43)C2=O)c2c(c1)cc(C(=O)O)n2Cc1cccc(N2CCOCC2)n1. The minimum atomic E-state index is -1.06. The lowest BCUT2D eigenvalue weighted by Crippen LogP contribution is -2.43. The Morgan fingerprint density at radius 1 is 0.952 bits per heavy atom. The number of benzene rings is 3. The molecule has 0 radical (unpaired) electrons. The highest BCUT2D eigenvalue weighted by Crippen LogP contribution is 2.46. The van der Waals surface area contributed by atoms with Gasteiger partial charge in [0, 0.05) is 65.3 Å². The molecule has 1 N–H and O–H groups in total. The normalized spacial score (nSPS) is 15.5. The summed E-state index contributed by atoms with van der Waals surface area (Å²) in [6.45, 7) is 15.7. The molecule has 7 aromatic rings. The first kappa shape index (κ1) is 42.5. The Labute approximate surface area is 376 Å². The zero-order valence-electron chi connectivity index (χ0n) is 36.7. The van der Waals surface area contributed by atoms with Crippen LogP contribution >= 0.6 is 23.2 Å². The molecule has 14 heteroatoms. The Bertz CT molecular complexity index is 2950. The molecule has 2 aliphatic rings. The largest absolute Gasteiger partial charge is 0.494 e. The topological polar surface area (TPSA) is 120 Å². The van der Waals surface area contributed by atoms with Crippen molar-refractivity contribution in [3.63, 3.8) is 0 Å². The predicted octanol–water partition coefficient (Wildman–Crippen LogP) is 10.1. The van der Waals surface area contributed by atoms with Crippen molar-refractivity contribution in [1.82, 2.24) is 23.9 Å². The van der Waals surface area contributed by atoms with E-state index < -0.39 is 5.97 Å². The number of rotatable bonds is 11. The molecule has 2 aliphatic heterocycles. The molecule has 0 bridgehead atoms. The Balaban J connectivity index is 1.18. The first-order valence-electron chi connectivity index (χ1n) is 21.4. The third-order valence-corrected chi connectivity index (χ3v) is 13.5. The van der Waals surface area contributed by atoms with Crippen LogP contribution < -0.4 is 14.5 Å². The summed E-state index contributed by atoms with van der Waals surface area (Å²) in [5.41, 5.74) is 11.0. The minimum absolute atomic E-state index is 0.121. The van der Waals surface area contributed by atoms with Crippen LogP contribution in [-0.4, -0.2) is 80.3 Å². The average molecular weight is 889 g/mol. The highest BCUT2D eigenvalue weighted by molar-refractivity contribution is 6.35. The fourth-order valence-electron chi connectivity index (χ4n) is 9.71. The van der Waals surface area contributed by atoms with Crippen LogP contribution in [0.5, 0.6) is 5.75 Å². The molecule has 12 nitrogen and oxygen atoms in total. The number of anilines is 2. The molecule has 9 rings (SSSR count). The third kappa shape index (κ3) is 7.51. The minimum Gasteiger partial charge on any atom is -0.494 e. The molecule has 6 heterocycles. The predicted molar refractivity (Wildman–Crippen MR) is 250 cm³/mol. The van der Waals surface area contributed by atoms with E-state index in [9.17, 15) is 9.90 Å². The van der Waals surface area contributed by atoms with Crippen molar-refractivity contribution in [3.8, 4) is 16.9 Å². The summed E-state index contributed by atoms with van der Waals surface area (Å²) in [4.78, 5) is 37.6. The van der Waals surface area contributed by atoms with E-state index >= 15 is 4.79 Å². The second-order valence-electron chi connectivity index (χ2n) is 17.0. The van der Waals surface area contributed by atoms with Crippen LogP contribution in [0.3, 0.4) is 0 Å². The molecule has 1 atom stereocenters. The lowest BCUT2D eigenvalue weighted by atomic mass is 9.98. The molecule has 4 aromatic heterocycles. The number of carbonyl (C=O) groups excluding carboxylic acids is 1. The smallest absolute Gasteiger partial charge is 0.352 e. The van der Waals surface area contributed by atoms with Gasteiger partial charge in [-0.1, -0.05) is 35.3 Å². The molecule has 1 fully saturated rings. The van der Waals surface area contributed by atoms with Gasteiger partial charge in [0.2, 0.25) is 0 Å². The molecule has 1 amide bonds. The van der Waals surface area contributed by atoms with Crippen LogP contribution in [-0.2, 0) is 24.8 Å². The molecule has 1 saturated heterocycles. The molecule has 63 heavy (non-hydrogen) atoms. The van der Waals surface area contributed by atoms with Gasteiger partial charge in [-0.15, -0.1) is 0 Å². The van der Waals surface area contributed by atoms with Gasteiger partial charge < -0.3 is 33.5 Å². The van der Waals surface area contributed by atoms with Crippen molar-refractivity contribution in [3.05, 3.63) is 121 Å². The summed E-state index contributed by atoms with van der Waals surface area (Å²) in [7, 11) is 1.93. The van der Waals surface area contributed by atoms with E-state index in [0.717, 1.165) is 90.7 Å². The van der Waals surface area contributed by atoms with Gasteiger partial charge in [-0.05, 0) is 125 Å². The Morgan fingerprint density at radius 3 is 2.40 bits per heavy atom. The Morgan fingerprint density at radius 2 is 1.70 bits per heavy atom. The van der Waals surface area contributed by atoms with Crippen molar-refractivity contribution >= 4 is 68.4 Å². The lowest BCUT2D eigenvalue weighted by molar-refractivity contribution is 0.0686. The summed E-state index contributed by atoms with van der Waals surface area (Å²) in [5, 5.41) is 18.4. The van der Waals surface area contributed by atoms with E-state index in [1.165, 1.54) is 0 Å². The number of pyridine rings is 1. The van der Waals surface area contributed by atoms with E-state index in [4.69, 9.17) is 42.8 Å². The summed E-state index contributed by atoms with van der Waals surface area (Å²) in [6, 6.07) is 19.2. The van der Waals surface area contributed by atoms with Crippen molar-refractivity contribution in [2.24, 2.45) is 7.05 Å². The van der Waals surface area contributed by atoms with Crippen LogP contribution in [0, 0.1) is 34.6 Å². The highest BCUT2D eigenvalue weighted by Gasteiger charge is 2.38. The van der Waals surface area contributed by atoms with Gasteiger partial charge in [0.25, 0.3) is 5.91 Å². The standard InChI is InChI=1S/C49H51Cl2N7O5/c1-27-20-33-24-40(49(60)61)56(26-34-10-8-12-41(52-34)55-15-18-62-19-16-55)45(33)39(21-27)57-25-30(4)58-46-37(13-14-38(50)43(46)42-31(5)53-54(7)32(42)6)36(47(58)48(57)59)11-9-17-63-35-22-28(2)44(51)29(3)23-35/h8,10,12-14,20-24,30H,9,11,15-19,25-26H2,1-7H3,(H,60,61)/t30-/m1/s1. The molecule has 0 saturated carbocycles. The van der Waals surface area contributed by atoms with Crippen molar-refractivity contribution < 1.29 is 24.2 Å². The lowest BCUT2D eigenvalue weighted by Gasteiger charge is -2.35. The number of hydrogen-bond acceptors (Lipinski definition) is 7. The molecule has 326 valence electrons. The van der Waals surface area contributed by atoms with Gasteiger partial charge >= 0.3 is 5.97 Å². The quantitative estimate of drug-likeness (QED) is 0.128. The molecular formula is C49H51Cl2N7O5. The number of ether oxygens (including phenoxy) is 2.